The lowest BCUT2D eigenvalue weighted by molar-refractivity contribution is -0.110. The Morgan fingerprint density at radius 3 is 2.79 bits per heavy atom. The molecule has 0 unspecified atom stereocenters. The van der Waals surface area contributed by atoms with Gasteiger partial charge in [-0.2, -0.15) is 0 Å². The van der Waals surface area contributed by atoms with Crippen molar-refractivity contribution in [3.8, 4) is 0 Å². The smallest absolute Gasteiger partial charge is 0.256 e. The van der Waals surface area contributed by atoms with Gasteiger partial charge in [-0.15, -0.1) is 0 Å². The van der Waals surface area contributed by atoms with Gasteiger partial charge < -0.3 is 15.1 Å². The Balaban J connectivity index is 1.54. The van der Waals surface area contributed by atoms with Crippen LogP contribution in [0.25, 0.3) is 11.6 Å². The molecule has 5 rings (SSSR count). The van der Waals surface area contributed by atoms with Gasteiger partial charge in [-0.3, -0.25) is 4.79 Å². The van der Waals surface area contributed by atoms with E-state index in [4.69, 9.17) is 4.42 Å². The molecule has 5 heteroatoms. The van der Waals surface area contributed by atoms with Crippen LogP contribution in [0.5, 0.6) is 0 Å². The van der Waals surface area contributed by atoms with E-state index < -0.39 is 0 Å². The first kappa shape index (κ1) is 17.7. The Hall–Kier alpha value is -3.34. The summed E-state index contributed by atoms with van der Waals surface area (Å²) < 4.78 is 19.7. The summed E-state index contributed by atoms with van der Waals surface area (Å²) in [6, 6.07) is 14.4. The third-order valence-electron chi connectivity index (χ3n) is 5.60. The van der Waals surface area contributed by atoms with Gasteiger partial charge in [0.25, 0.3) is 5.91 Å². The SMILES string of the molecule is O=C1Nc2cc(F)ccc2C1=Cc1oc2c(c1CNc1ccccc1)CCCC2. The van der Waals surface area contributed by atoms with Crippen LogP contribution in [0.15, 0.2) is 52.9 Å². The second kappa shape index (κ2) is 7.24. The van der Waals surface area contributed by atoms with Crippen molar-refractivity contribution in [2.24, 2.45) is 0 Å². The Labute approximate surface area is 168 Å². The van der Waals surface area contributed by atoms with E-state index in [1.807, 2.05) is 30.3 Å². The molecule has 146 valence electrons. The fraction of sp³-hybridized carbons (Fsp3) is 0.208. The van der Waals surface area contributed by atoms with Crippen molar-refractivity contribution in [2.45, 2.75) is 32.2 Å². The molecule has 0 saturated heterocycles. The first-order valence-electron chi connectivity index (χ1n) is 9.94. The lowest BCUT2D eigenvalue weighted by atomic mass is 9.94. The summed E-state index contributed by atoms with van der Waals surface area (Å²) in [5.74, 6) is 1.13. The van der Waals surface area contributed by atoms with E-state index in [1.165, 1.54) is 17.7 Å². The molecule has 3 aromatic rings. The van der Waals surface area contributed by atoms with Crippen LogP contribution in [-0.4, -0.2) is 5.91 Å². The van der Waals surface area contributed by atoms with Gasteiger partial charge in [0.15, 0.2) is 0 Å². The molecule has 4 nitrogen and oxygen atoms in total. The quantitative estimate of drug-likeness (QED) is 0.588. The van der Waals surface area contributed by atoms with Crippen LogP contribution in [-0.2, 0) is 24.2 Å². The highest BCUT2D eigenvalue weighted by Crippen LogP contribution is 2.37. The van der Waals surface area contributed by atoms with E-state index in [9.17, 15) is 9.18 Å². The molecule has 1 aromatic heterocycles. The Morgan fingerprint density at radius 2 is 1.93 bits per heavy atom. The zero-order valence-corrected chi connectivity index (χ0v) is 15.9. The van der Waals surface area contributed by atoms with Gasteiger partial charge in [0, 0.05) is 29.8 Å². The fourth-order valence-electron chi connectivity index (χ4n) is 4.15. The molecule has 0 spiro atoms. The number of anilines is 2. The average molecular weight is 388 g/mol. The fourth-order valence-corrected chi connectivity index (χ4v) is 4.15. The first-order chi connectivity index (χ1) is 14.2. The third kappa shape index (κ3) is 3.33. The second-order valence-corrected chi connectivity index (χ2v) is 7.48. The lowest BCUT2D eigenvalue weighted by Crippen LogP contribution is -2.06. The van der Waals surface area contributed by atoms with Crippen LogP contribution in [0.1, 0.15) is 41.1 Å². The van der Waals surface area contributed by atoms with Crippen molar-refractivity contribution in [3.05, 3.63) is 82.6 Å². The predicted octanol–water partition coefficient (Wildman–Crippen LogP) is 5.40. The predicted molar refractivity (Wildman–Crippen MR) is 112 cm³/mol. The average Bonchev–Trinajstić information content (AvgIpc) is 3.24. The van der Waals surface area contributed by atoms with E-state index >= 15 is 0 Å². The van der Waals surface area contributed by atoms with Crippen molar-refractivity contribution >= 4 is 28.9 Å². The van der Waals surface area contributed by atoms with Crippen LogP contribution in [0, 0.1) is 5.82 Å². The van der Waals surface area contributed by atoms with Gasteiger partial charge in [-0.1, -0.05) is 18.2 Å². The number of carbonyl (C=O) groups is 1. The molecular formula is C24H21FN2O2. The van der Waals surface area contributed by atoms with Crippen LogP contribution < -0.4 is 10.6 Å². The molecular weight excluding hydrogens is 367 g/mol. The van der Waals surface area contributed by atoms with Gasteiger partial charge in [-0.25, -0.2) is 4.39 Å². The minimum atomic E-state index is -0.369. The normalized spacial score (nSPS) is 16.4. The van der Waals surface area contributed by atoms with Gasteiger partial charge in [0.1, 0.15) is 17.3 Å². The van der Waals surface area contributed by atoms with Crippen molar-refractivity contribution in [1.82, 2.24) is 0 Å². The first-order valence-corrected chi connectivity index (χ1v) is 9.94. The summed E-state index contributed by atoms with van der Waals surface area (Å²) in [4.78, 5) is 12.5. The Bertz CT molecular complexity index is 1120. The van der Waals surface area contributed by atoms with E-state index in [0.717, 1.165) is 42.7 Å². The maximum Gasteiger partial charge on any atom is 0.256 e. The van der Waals surface area contributed by atoms with E-state index in [-0.39, 0.29) is 11.7 Å². The van der Waals surface area contributed by atoms with Crippen LogP contribution in [0.3, 0.4) is 0 Å². The number of fused-ring (bicyclic) bond motifs is 2. The molecule has 2 aliphatic rings. The zero-order valence-electron chi connectivity index (χ0n) is 15.9. The zero-order chi connectivity index (χ0) is 19.8. The van der Waals surface area contributed by atoms with E-state index in [2.05, 4.69) is 10.6 Å². The molecule has 0 fully saturated rings. The summed E-state index contributed by atoms with van der Waals surface area (Å²) in [5, 5.41) is 6.20. The number of rotatable bonds is 4. The van der Waals surface area contributed by atoms with Gasteiger partial charge in [0.05, 0.1) is 11.3 Å². The Morgan fingerprint density at radius 1 is 1.10 bits per heavy atom. The standard InChI is InChI=1S/C24H21FN2O2/c25-15-10-11-17-19(24(28)27-21(17)12-15)13-23-20(14-26-16-6-2-1-3-7-16)18-8-4-5-9-22(18)29-23/h1-3,6-7,10-13,26H,4-5,8-9,14H2,(H,27,28). The highest BCUT2D eigenvalue weighted by molar-refractivity contribution is 6.34. The molecule has 0 radical (unpaired) electrons. The number of aryl methyl sites for hydroxylation is 1. The molecule has 0 atom stereocenters. The monoisotopic (exact) mass is 388 g/mol. The summed E-state index contributed by atoms with van der Waals surface area (Å²) in [5.41, 5.74) is 5.10. The highest BCUT2D eigenvalue weighted by Gasteiger charge is 2.27. The summed E-state index contributed by atoms with van der Waals surface area (Å²) in [6.07, 6.45) is 5.97. The van der Waals surface area contributed by atoms with Gasteiger partial charge >= 0.3 is 0 Å². The van der Waals surface area contributed by atoms with Crippen molar-refractivity contribution < 1.29 is 13.6 Å². The summed E-state index contributed by atoms with van der Waals surface area (Å²) in [6.45, 7) is 0.625. The third-order valence-corrected chi connectivity index (χ3v) is 5.60. The van der Waals surface area contributed by atoms with Crippen LogP contribution in [0.4, 0.5) is 15.8 Å². The lowest BCUT2D eigenvalue weighted by Gasteiger charge is -2.12. The number of halogens is 1. The number of hydrogen-bond acceptors (Lipinski definition) is 3. The van der Waals surface area contributed by atoms with Crippen molar-refractivity contribution in [3.63, 3.8) is 0 Å². The molecule has 0 bridgehead atoms. The van der Waals surface area contributed by atoms with Gasteiger partial charge in [-0.05, 0) is 61.2 Å². The minimum absolute atomic E-state index is 0.234. The maximum absolute atomic E-state index is 13.5. The Kier molecular flexibility index (Phi) is 4.43. The van der Waals surface area contributed by atoms with Crippen molar-refractivity contribution in [1.29, 1.82) is 0 Å². The van der Waals surface area contributed by atoms with Crippen LogP contribution >= 0.6 is 0 Å². The number of hydrogen-bond donors (Lipinski definition) is 2. The number of amides is 1. The number of nitrogens with one attached hydrogen (secondary N) is 2. The van der Waals surface area contributed by atoms with E-state index in [1.54, 1.807) is 12.1 Å². The number of benzene rings is 2. The molecule has 0 saturated carbocycles. The molecule has 2 N–H and O–H groups in total. The largest absolute Gasteiger partial charge is 0.461 e. The van der Waals surface area contributed by atoms with E-state index in [0.29, 0.717) is 29.1 Å². The minimum Gasteiger partial charge on any atom is -0.461 e. The van der Waals surface area contributed by atoms with Crippen molar-refractivity contribution in [2.75, 3.05) is 10.6 Å². The highest BCUT2D eigenvalue weighted by atomic mass is 19.1. The topological polar surface area (TPSA) is 54.3 Å². The molecule has 29 heavy (non-hydrogen) atoms. The summed E-state index contributed by atoms with van der Waals surface area (Å²) in [7, 11) is 0. The number of para-hydroxylation sites is 1. The molecule has 2 heterocycles. The molecule has 1 aliphatic heterocycles. The maximum atomic E-state index is 13.5. The molecule has 1 aliphatic carbocycles. The van der Waals surface area contributed by atoms with Gasteiger partial charge in [0.2, 0.25) is 0 Å². The molecule has 1 amide bonds. The number of carbonyl (C=O) groups excluding carboxylic acids is 1. The molecule has 2 aromatic carbocycles. The number of furan rings is 1. The summed E-state index contributed by atoms with van der Waals surface area (Å²) >= 11 is 0. The second-order valence-electron chi connectivity index (χ2n) is 7.48. The van der Waals surface area contributed by atoms with Crippen LogP contribution in [0.2, 0.25) is 0 Å².